The SMILES string of the molecule is CCN1CCN(c2ccc(CNC(=NC)NCc3ccc4c(c3)OCO4)cn2)CC1.I. The number of ether oxygens (including phenoxy) is 2. The van der Waals surface area contributed by atoms with E-state index >= 15 is 0 Å². The molecule has 3 heterocycles. The number of halogens is 1. The minimum Gasteiger partial charge on any atom is -0.454 e. The van der Waals surface area contributed by atoms with E-state index in [0.717, 1.165) is 67.1 Å². The van der Waals surface area contributed by atoms with E-state index in [1.165, 1.54) is 0 Å². The Kier molecular flexibility index (Phi) is 8.59. The van der Waals surface area contributed by atoms with Crippen molar-refractivity contribution in [3.8, 4) is 11.5 Å². The van der Waals surface area contributed by atoms with Crippen molar-refractivity contribution in [3.63, 3.8) is 0 Å². The molecule has 0 spiro atoms. The van der Waals surface area contributed by atoms with Crippen LogP contribution in [0.2, 0.25) is 0 Å². The maximum Gasteiger partial charge on any atom is 0.231 e. The topological polar surface area (TPSA) is 74.2 Å². The molecule has 8 nitrogen and oxygen atoms in total. The predicted octanol–water partition coefficient (Wildman–Crippen LogP) is 2.44. The van der Waals surface area contributed by atoms with Crippen molar-refractivity contribution in [2.75, 3.05) is 51.5 Å². The number of piperazine rings is 1. The van der Waals surface area contributed by atoms with Crippen LogP contribution in [-0.4, -0.2) is 62.4 Å². The van der Waals surface area contributed by atoms with E-state index in [9.17, 15) is 0 Å². The summed E-state index contributed by atoms with van der Waals surface area (Å²) >= 11 is 0. The maximum atomic E-state index is 5.43. The molecular formula is C22H31IN6O2. The van der Waals surface area contributed by atoms with Gasteiger partial charge in [-0.05, 0) is 35.9 Å². The van der Waals surface area contributed by atoms with Crippen molar-refractivity contribution in [2.24, 2.45) is 4.99 Å². The second-order valence-corrected chi connectivity index (χ2v) is 7.41. The molecule has 0 unspecified atom stereocenters. The lowest BCUT2D eigenvalue weighted by Crippen LogP contribution is -2.46. The van der Waals surface area contributed by atoms with Crippen LogP contribution in [0.5, 0.6) is 11.5 Å². The summed E-state index contributed by atoms with van der Waals surface area (Å²) in [4.78, 5) is 13.8. The molecule has 2 N–H and O–H groups in total. The summed E-state index contributed by atoms with van der Waals surface area (Å²) in [5.41, 5.74) is 2.23. The van der Waals surface area contributed by atoms with Gasteiger partial charge in [-0.2, -0.15) is 0 Å². The van der Waals surface area contributed by atoms with Crippen LogP contribution in [0.4, 0.5) is 5.82 Å². The number of hydrogen-bond acceptors (Lipinski definition) is 6. The Hall–Kier alpha value is -2.27. The summed E-state index contributed by atoms with van der Waals surface area (Å²) in [5, 5.41) is 6.67. The summed E-state index contributed by atoms with van der Waals surface area (Å²) in [7, 11) is 1.77. The molecule has 0 atom stereocenters. The number of hydrogen-bond donors (Lipinski definition) is 2. The van der Waals surface area contributed by atoms with Gasteiger partial charge in [0.2, 0.25) is 6.79 Å². The van der Waals surface area contributed by atoms with Crippen LogP contribution in [0.1, 0.15) is 18.1 Å². The standard InChI is InChI=1S/C22H30N6O2.HI/c1-3-27-8-10-28(11-9-27)21-7-5-18(14-24-21)15-26-22(23-2)25-13-17-4-6-19-20(12-17)30-16-29-19;/h4-7,12,14H,3,8-11,13,15-16H2,1-2H3,(H2,23,25,26);1H. The molecule has 1 aromatic carbocycles. The number of nitrogens with zero attached hydrogens (tertiary/aromatic N) is 4. The molecule has 9 heteroatoms. The van der Waals surface area contributed by atoms with Crippen LogP contribution >= 0.6 is 24.0 Å². The van der Waals surface area contributed by atoms with E-state index in [4.69, 9.17) is 9.47 Å². The number of rotatable bonds is 6. The largest absolute Gasteiger partial charge is 0.454 e. The lowest BCUT2D eigenvalue weighted by atomic mass is 10.2. The zero-order chi connectivity index (χ0) is 20.8. The number of aliphatic imine (C=N–C) groups is 1. The quantitative estimate of drug-likeness (QED) is 0.333. The molecule has 2 aromatic rings. The lowest BCUT2D eigenvalue weighted by Gasteiger charge is -2.34. The van der Waals surface area contributed by atoms with Gasteiger partial charge < -0.3 is 29.9 Å². The highest BCUT2D eigenvalue weighted by Crippen LogP contribution is 2.32. The third-order valence-electron chi connectivity index (χ3n) is 5.53. The molecule has 0 aliphatic carbocycles. The molecule has 4 rings (SSSR count). The van der Waals surface area contributed by atoms with Gasteiger partial charge in [0.15, 0.2) is 17.5 Å². The number of pyridine rings is 1. The van der Waals surface area contributed by atoms with Crippen molar-refractivity contribution >= 4 is 35.8 Å². The van der Waals surface area contributed by atoms with Crippen molar-refractivity contribution in [3.05, 3.63) is 47.7 Å². The third-order valence-corrected chi connectivity index (χ3v) is 5.53. The fourth-order valence-electron chi connectivity index (χ4n) is 3.64. The highest BCUT2D eigenvalue weighted by Gasteiger charge is 2.16. The lowest BCUT2D eigenvalue weighted by molar-refractivity contribution is 0.174. The maximum absolute atomic E-state index is 5.43. The van der Waals surface area contributed by atoms with Crippen LogP contribution < -0.4 is 25.0 Å². The van der Waals surface area contributed by atoms with Gasteiger partial charge >= 0.3 is 0 Å². The fourth-order valence-corrected chi connectivity index (χ4v) is 3.64. The first-order valence-electron chi connectivity index (χ1n) is 10.5. The number of nitrogens with one attached hydrogen (secondary N) is 2. The van der Waals surface area contributed by atoms with E-state index in [0.29, 0.717) is 13.1 Å². The first-order chi connectivity index (χ1) is 14.7. The minimum absolute atomic E-state index is 0. The molecule has 2 aliphatic heterocycles. The van der Waals surface area contributed by atoms with Crippen molar-refractivity contribution in [1.82, 2.24) is 20.5 Å². The van der Waals surface area contributed by atoms with Crippen LogP contribution in [0.3, 0.4) is 0 Å². The Morgan fingerprint density at radius 1 is 1.00 bits per heavy atom. The molecule has 0 amide bonds. The molecule has 31 heavy (non-hydrogen) atoms. The monoisotopic (exact) mass is 538 g/mol. The summed E-state index contributed by atoms with van der Waals surface area (Å²) in [6, 6.07) is 10.2. The second-order valence-electron chi connectivity index (χ2n) is 7.41. The molecule has 1 fully saturated rings. The van der Waals surface area contributed by atoms with Crippen molar-refractivity contribution < 1.29 is 9.47 Å². The molecular weight excluding hydrogens is 507 g/mol. The summed E-state index contributed by atoms with van der Waals surface area (Å²) in [6.07, 6.45) is 1.94. The first kappa shape index (κ1) is 23.4. The average molecular weight is 538 g/mol. The molecule has 0 saturated carbocycles. The fraction of sp³-hybridized carbons (Fsp3) is 0.455. The van der Waals surface area contributed by atoms with Gasteiger partial charge in [-0.1, -0.05) is 19.1 Å². The third kappa shape index (κ3) is 6.13. The summed E-state index contributed by atoms with van der Waals surface area (Å²) in [5.74, 6) is 3.39. The van der Waals surface area contributed by atoms with Crippen LogP contribution in [0, 0.1) is 0 Å². The van der Waals surface area contributed by atoms with E-state index in [1.54, 1.807) is 7.05 Å². The Balaban J connectivity index is 0.00000272. The number of fused-ring (bicyclic) bond motifs is 1. The van der Waals surface area contributed by atoms with E-state index in [-0.39, 0.29) is 30.8 Å². The number of benzene rings is 1. The smallest absolute Gasteiger partial charge is 0.231 e. The van der Waals surface area contributed by atoms with Crippen LogP contribution in [-0.2, 0) is 13.1 Å². The normalized spacial score (nSPS) is 16.1. The first-order valence-corrected chi connectivity index (χ1v) is 10.5. The van der Waals surface area contributed by atoms with Crippen LogP contribution in [0.15, 0.2) is 41.5 Å². The van der Waals surface area contributed by atoms with Gasteiger partial charge in [0.1, 0.15) is 5.82 Å². The zero-order valence-corrected chi connectivity index (χ0v) is 20.5. The molecule has 0 radical (unpaired) electrons. The van der Waals surface area contributed by atoms with E-state index in [2.05, 4.69) is 49.5 Å². The molecule has 1 saturated heterocycles. The number of likely N-dealkylation sites (N-methyl/N-ethyl adjacent to an activating group) is 1. The predicted molar refractivity (Wildman–Crippen MR) is 134 cm³/mol. The minimum atomic E-state index is 0. The Labute approximate surface area is 201 Å². The number of aromatic nitrogens is 1. The summed E-state index contributed by atoms with van der Waals surface area (Å²) < 4.78 is 10.8. The van der Waals surface area contributed by atoms with Gasteiger partial charge in [-0.15, -0.1) is 24.0 Å². The number of anilines is 1. The zero-order valence-electron chi connectivity index (χ0n) is 18.1. The van der Waals surface area contributed by atoms with Gasteiger partial charge in [0.25, 0.3) is 0 Å². The molecule has 2 aliphatic rings. The van der Waals surface area contributed by atoms with E-state index < -0.39 is 0 Å². The average Bonchev–Trinajstić information content (AvgIpc) is 3.27. The van der Waals surface area contributed by atoms with Crippen LogP contribution in [0.25, 0.3) is 0 Å². The van der Waals surface area contributed by atoms with Gasteiger partial charge in [-0.25, -0.2) is 4.98 Å². The Bertz CT molecular complexity index is 869. The number of guanidine groups is 1. The highest BCUT2D eigenvalue weighted by molar-refractivity contribution is 14.0. The van der Waals surface area contributed by atoms with Crippen molar-refractivity contribution in [1.29, 1.82) is 0 Å². The molecule has 168 valence electrons. The van der Waals surface area contributed by atoms with Gasteiger partial charge in [0, 0.05) is 52.5 Å². The van der Waals surface area contributed by atoms with Gasteiger partial charge in [0.05, 0.1) is 0 Å². The second kappa shape index (κ2) is 11.4. The summed E-state index contributed by atoms with van der Waals surface area (Å²) in [6.45, 7) is 9.22. The Morgan fingerprint density at radius 2 is 1.71 bits per heavy atom. The molecule has 1 aromatic heterocycles. The molecule has 0 bridgehead atoms. The highest BCUT2D eigenvalue weighted by atomic mass is 127. The Morgan fingerprint density at radius 3 is 2.39 bits per heavy atom. The van der Waals surface area contributed by atoms with Crippen molar-refractivity contribution in [2.45, 2.75) is 20.0 Å². The van der Waals surface area contributed by atoms with Gasteiger partial charge in [-0.3, -0.25) is 4.99 Å². The van der Waals surface area contributed by atoms with E-state index in [1.807, 2.05) is 24.4 Å².